The molecule has 0 amide bonds. The van der Waals surface area contributed by atoms with Crippen LogP contribution in [0.3, 0.4) is 0 Å². The van der Waals surface area contributed by atoms with Gasteiger partial charge in [-0.25, -0.2) is 0 Å². The van der Waals surface area contributed by atoms with Crippen molar-refractivity contribution in [2.45, 2.75) is 0 Å². The third-order valence-corrected chi connectivity index (χ3v) is 0.999. The fourth-order valence-electron chi connectivity index (χ4n) is 0.561. The lowest BCUT2D eigenvalue weighted by atomic mass is 10.2. The molecule has 2 heteroatoms. The molecular formula is C7H7N2. The molecule has 0 aliphatic rings. The minimum Gasteiger partial charge on any atom is -0.384 e. The number of nitrogens with one attached hydrogen (secondary N) is 1. The number of nitrogens with two attached hydrogens (primary N) is 1. The predicted octanol–water partition coefficient (Wildman–Crippen LogP) is 0.771. The third-order valence-electron chi connectivity index (χ3n) is 0.999. The molecular weight excluding hydrogens is 112 g/mol. The van der Waals surface area contributed by atoms with Gasteiger partial charge in [-0.2, -0.15) is 0 Å². The van der Waals surface area contributed by atoms with E-state index in [1.807, 2.05) is 12.1 Å². The number of benzene rings is 1. The fourth-order valence-corrected chi connectivity index (χ4v) is 0.561. The average molecular weight is 119 g/mol. The highest BCUT2D eigenvalue weighted by Gasteiger charge is 1.90. The van der Waals surface area contributed by atoms with Gasteiger partial charge in [-0.3, -0.25) is 5.41 Å². The maximum Gasteiger partial charge on any atom is 0.123 e. The highest BCUT2D eigenvalue weighted by Crippen LogP contribution is 1.93. The lowest BCUT2D eigenvalue weighted by Gasteiger charge is -1.92. The molecule has 1 aromatic carbocycles. The number of hydrogen-bond acceptors (Lipinski definition) is 1. The van der Waals surface area contributed by atoms with Crippen LogP contribution in [0.25, 0.3) is 0 Å². The van der Waals surface area contributed by atoms with E-state index in [1.54, 1.807) is 12.1 Å². The van der Waals surface area contributed by atoms with Gasteiger partial charge in [0.15, 0.2) is 0 Å². The first kappa shape index (κ1) is 5.82. The smallest absolute Gasteiger partial charge is 0.123 e. The molecule has 0 aromatic heterocycles. The Hall–Kier alpha value is -1.31. The van der Waals surface area contributed by atoms with Crippen LogP contribution in [-0.4, -0.2) is 5.84 Å². The van der Waals surface area contributed by atoms with E-state index in [1.165, 1.54) is 0 Å². The Morgan fingerprint density at radius 1 is 1.56 bits per heavy atom. The summed E-state index contributed by atoms with van der Waals surface area (Å²) in [6.45, 7) is 0. The van der Waals surface area contributed by atoms with Gasteiger partial charge in [0.25, 0.3) is 0 Å². The summed E-state index contributed by atoms with van der Waals surface area (Å²) in [5.41, 5.74) is 5.82. The minimum absolute atomic E-state index is 0.0654. The van der Waals surface area contributed by atoms with E-state index in [0.29, 0.717) is 5.56 Å². The van der Waals surface area contributed by atoms with Gasteiger partial charge in [0.2, 0.25) is 0 Å². The van der Waals surface area contributed by atoms with E-state index in [9.17, 15) is 0 Å². The van der Waals surface area contributed by atoms with Crippen molar-refractivity contribution in [1.82, 2.24) is 0 Å². The lowest BCUT2D eigenvalue weighted by molar-refractivity contribution is 1.42. The van der Waals surface area contributed by atoms with E-state index in [0.717, 1.165) is 0 Å². The summed E-state index contributed by atoms with van der Waals surface area (Å²) in [5, 5.41) is 6.98. The van der Waals surface area contributed by atoms with Gasteiger partial charge in [0.05, 0.1) is 0 Å². The van der Waals surface area contributed by atoms with Crippen molar-refractivity contribution in [1.29, 1.82) is 5.41 Å². The monoisotopic (exact) mass is 119 g/mol. The first-order chi connectivity index (χ1) is 4.30. The van der Waals surface area contributed by atoms with Crippen molar-refractivity contribution in [3.63, 3.8) is 0 Å². The second kappa shape index (κ2) is 2.31. The Kier molecular flexibility index (Phi) is 1.49. The SMILES string of the molecule is N=C(N)c1[c]cccc1. The zero-order chi connectivity index (χ0) is 6.69. The van der Waals surface area contributed by atoms with E-state index in [4.69, 9.17) is 11.1 Å². The lowest BCUT2D eigenvalue weighted by Crippen LogP contribution is -2.10. The van der Waals surface area contributed by atoms with Crippen LogP contribution in [0.2, 0.25) is 0 Å². The van der Waals surface area contributed by atoms with Crippen molar-refractivity contribution in [3.05, 3.63) is 35.9 Å². The molecule has 1 rings (SSSR count). The highest BCUT2D eigenvalue weighted by atomic mass is 14.7. The molecule has 45 valence electrons. The molecule has 0 atom stereocenters. The van der Waals surface area contributed by atoms with E-state index in [2.05, 4.69) is 6.07 Å². The largest absolute Gasteiger partial charge is 0.384 e. The molecule has 2 nitrogen and oxygen atoms in total. The van der Waals surface area contributed by atoms with Gasteiger partial charge in [0.1, 0.15) is 5.84 Å². The summed E-state index contributed by atoms with van der Waals surface area (Å²) in [7, 11) is 0. The van der Waals surface area contributed by atoms with Crippen LogP contribution >= 0.6 is 0 Å². The molecule has 0 unspecified atom stereocenters. The van der Waals surface area contributed by atoms with E-state index < -0.39 is 0 Å². The van der Waals surface area contributed by atoms with Gasteiger partial charge in [-0.1, -0.05) is 24.3 Å². The first-order valence-corrected chi connectivity index (χ1v) is 2.62. The Labute approximate surface area is 53.8 Å². The Bertz CT molecular complexity index is 203. The molecule has 1 radical (unpaired) electrons. The highest BCUT2D eigenvalue weighted by molar-refractivity contribution is 5.94. The molecule has 0 fully saturated rings. The van der Waals surface area contributed by atoms with Crippen LogP contribution in [0.15, 0.2) is 24.3 Å². The third kappa shape index (κ3) is 1.29. The second-order valence-corrected chi connectivity index (χ2v) is 1.69. The Morgan fingerprint density at radius 3 is 2.67 bits per heavy atom. The quantitative estimate of drug-likeness (QED) is 0.416. The van der Waals surface area contributed by atoms with E-state index >= 15 is 0 Å². The number of hydrogen-bond donors (Lipinski definition) is 2. The molecule has 1 aromatic rings. The van der Waals surface area contributed by atoms with Gasteiger partial charge < -0.3 is 5.73 Å². The maximum atomic E-state index is 6.98. The van der Waals surface area contributed by atoms with Crippen LogP contribution in [0.5, 0.6) is 0 Å². The van der Waals surface area contributed by atoms with Crippen LogP contribution in [0.4, 0.5) is 0 Å². The molecule has 0 bridgehead atoms. The molecule has 9 heavy (non-hydrogen) atoms. The number of amidine groups is 1. The van der Waals surface area contributed by atoms with Crippen molar-refractivity contribution in [3.8, 4) is 0 Å². The zero-order valence-electron chi connectivity index (χ0n) is 4.89. The fraction of sp³-hybridized carbons (Fsp3) is 0. The summed E-state index contributed by atoms with van der Waals surface area (Å²) in [6.07, 6.45) is 0. The van der Waals surface area contributed by atoms with Crippen LogP contribution < -0.4 is 5.73 Å². The molecule has 0 spiro atoms. The molecule has 0 aliphatic heterocycles. The number of rotatable bonds is 1. The standard InChI is InChI=1S/C7H7N2/c8-7(9)6-4-2-1-3-5-6/h1-4H,(H3,8,9). The van der Waals surface area contributed by atoms with Crippen molar-refractivity contribution < 1.29 is 0 Å². The summed E-state index contributed by atoms with van der Waals surface area (Å²) in [5.74, 6) is 0.0654. The molecule has 0 aliphatic carbocycles. The average Bonchev–Trinajstić information content (AvgIpc) is 1.90. The van der Waals surface area contributed by atoms with Gasteiger partial charge in [-0.15, -0.1) is 0 Å². The zero-order valence-corrected chi connectivity index (χ0v) is 4.89. The maximum absolute atomic E-state index is 6.98. The molecule has 3 N–H and O–H groups in total. The molecule has 0 saturated carbocycles. The first-order valence-electron chi connectivity index (χ1n) is 2.62. The topological polar surface area (TPSA) is 49.9 Å². The van der Waals surface area contributed by atoms with Crippen LogP contribution in [-0.2, 0) is 0 Å². The Morgan fingerprint density at radius 2 is 2.33 bits per heavy atom. The summed E-state index contributed by atoms with van der Waals surface area (Å²) in [6, 6.07) is 9.97. The minimum atomic E-state index is 0.0654. The Balaban J connectivity index is 2.98. The molecule has 0 heterocycles. The van der Waals surface area contributed by atoms with Gasteiger partial charge >= 0.3 is 0 Å². The predicted molar refractivity (Wildman–Crippen MR) is 36.3 cm³/mol. The second-order valence-electron chi connectivity index (χ2n) is 1.69. The van der Waals surface area contributed by atoms with Crippen molar-refractivity contribution in [2.75, 3.05) is 0 Å². The van der Waals surface area contributed by atoms with Gasteiger partial charge in [0, 0.05) is 5.56 Å². The summed E-state index contributed by atoms with van der Waals surface area (Å²) in [4.78, 5) is 0. The molecule has 0 saturated heterocycles. The van der Waals surface area contributed by atoms with Gasteiger partial charge in [-0.05, 0) is 6.07 Å². The number of nitrogen functional groups attached to an aromatic ring is 1. The van der Waals surface area contributed by atoms with Crippen molar-refractivity contribution in [2.24, 2.45) is 5.73 Å². The normalized spacial score (nSPS) is 8.89. The van der Waals surface area contributed by atoms with Crippen LogP contribution in [0.1, 0.15) is 5.56 Å². The van der Waals surface area contributed by atoms with Crippen LogP contribution in [0, 0.1) is 11.5 Å². The van der Waals surface area contributed by atoms with E-state index in [-0.39, 0.29) is 5.84 Å². The van der Waals surface area contributed by atoms with Crippen molar-refractivity contribution >= 4 is 5.84 Å². The summed E-state index contributed by atoms with van der Waals surface area (Å²) >= 11 is 0. The summed E-state index contributed by atoms with van der Waals surface area (Å²) < 4.78 is 0.